The molecule has 0 aliphatic heterocycles. The first kappa shape index (κ1) is 13.3. The number of rotatable bonds is 5. The Balaban J connectivity index is 2.04. The van der Waals surface area contributed by atoms with Gasteiger partial charge in [0.2, 0.25) is 0 Å². The summed E-state index contributed by atoms with van der Waals surface area (Å²) in [6.45, 7) is -0.763. The van der Waals surface area contributed by atoms with E-state index in [1.165, 1.54) is 0 Å². The van der Waals surface area contributed by atoms with E-state index in [0.717, 1.165) is 0 Å². The molecule has 0 bridgehead atoms. The van der Waals surface area contributed by atoms with Crippen molar-refractivity contribution in [3.63, 3.8) is 0 Å². The summed E-state index contributed by atoms with van der Waals surface area (Å²) in [6.07, 6.45) is -1.63. The van der Waals surface area contributed by atoms with Gasteiger partial charge in [-0.05, 0) is 12.5 Å². The summed E-state index contributed by atoms with van der Waals surface area (Å²) in [6, 6.07) is 1.75. The summed E-state index contributed by atoms with van der Waals surface area (Å²) in [5.74, 6) is 0. The van der Waals surface area contributed by atoms with E-state index in [0.29, 0.717) is 13.0 Å². The molecule has 1 N–H and O–H groups in total. The minimum atomic E-state index is -4.49. The van der Waals surface area contributed by atoms with Crippen LogP contribution < -0.4 is 5.32 Å². The van der Waals surface area contributed by atoms with E-state index in [1.807, 2.05) is 0 Å². The van der Waals surface area contributed by atoms with Gasteiger partial charge < -0.3 is 10.1 Å². The van der Waals surface area contributed by atoms with Crippen molar-refractivity contribution in [2.75, 3.05) is 13.2 Å². The zero-order valence-corrected chi connectivity index (χ0v) is 8.91. The van der Waals surface area contributed by atoms with Crippen LogP contribution in [-0.2, 0) is 11.3 Å². The molecule has 8 heteroatoms. The second-order valence-corrected chi connectivity index (χ2v) is 3.24. The second-order valence-electron chi connectivity index (χ2n) is 3.24. The fraction of sp³-hybridized carbons (Fsp3) is 0.556. The Morgan fingerprint density at radius 2 is 2.24 bits per heavy atom. The van der Waals surface area contributed by atoms with E-state index >= 15 is 0 Å². The average Bonchev–Trinajstić information content (AvgIpc) is 2.73. The van der Waals surface area contributed by atoms with Crippen LogP contribution in [0.3, 0.4) is 0 Å². The van der Waals surface area contributed by atoms with E-state index in [1.54, 1.807) is 23.1 Å². The second kappa shape index (κ2) is 6.12. The maximum atomic E-state index is 11.7. The van der Waals surface area contributed by atoms with Gasteiger partial charge in [-0.2, -0.15) is 18.3 Å². The number of amides is 1. The van der Waals surface area contributed by atoms with Crippen molar-refractivity contribution in [2.45, 2.75) is 19.1 Å². The van der Waals surface area contributed by atoms with Gasteiger partial charge in [0.1, 0.15) is 0 Å². The average molecular weight is 251 g/mol. The van der Waals surface area contributed by atoms with Gasteiger partial charge in [-0.25, -0.2) is 4.79 Å². The molecule has 0 atom stereocenters. The van der Waals surface area contributed by atoms with E-state index in [9.17, 15) is 18.0 Å². The fourth-order valence-electron chi connectivity index (χ4n) is 1.06. The zero-order chi connectivity index (χ0) is 12.7. The molecule has 1 heterocycles. The molecule has 0 unspecified atom stereocenters. The summed E-state index contributed by atoms with van der Waals surface area (Å²) in [5.41, 5.74) is 0. The first-order valence-corrected chi connectivity index (χ1v) is 4.92. The largest absolute Gasteiger partial charge is 0.440 e. The van der Waals surface area contributed by atoms with Crippen molar-refractivity contribution < 1.29 is 22.7 Å². The molecule has 1 amide bonds. The molecule has 0 aliphatic rings. The van der Waals surface area contributed by atoms with Crippen molar-refractivity contribution in [3.8, 4) is 0 Å². The lowest BCUT2D eigenvalue weighted by atomic mass is 10.4. The van der Waals surface area contributed by atoms with Gasteiger partial charge in [0.15, 0.2) is 6.61 Å². The number of alkyl halides is 3. The molecule has 0 saturated heterocycles. The Morgan fingerprint density at radius 1 is 1.47 bits per heavy atom. The van der Waals surface area contributed by atoms with Crippen LogP contribution in [0.5, 0.6) is 0 Å². The predicted molar refractivity (Wildman–Crippen MR) is 52.2 cm³/mol. The van der Waals surface area contributed by atoms with Crippen LogP contribution in [-0.4, -0.2) is 35.2 Å². The van der Waals surface area contributed by atoms with Crippen molar-refractivity contribution in [1.29, 1.82) is 0 Å². The number of nitrogens with zero attached hydrogens (tertiary/aromatic N) is 2. The number of carbonyl (C=O) groups excluding carboxylic acids is 1. The molecule has 17 heavy (non-hydrogen) atoms. The van der Waals surface area contributed by atoms with Gasteiger partial charge in [0.05, 0.1) is 0 Å². The summed E-state index contributed by atoms with van der Waals surface area (Å²) < 4.78 is 40.6. The molecule has 0 aromatic carbocycles. The standard InChI is InChI=1S/C9H12F3N3O2/c10-9(11,12)7-17-8(16)13-3-1-5-15-6-2-4-14-15/h2,4,6H,1,3,5,7H2,(H,13,16). The molecule has 1 aromatic heterocycles. The lowest BCUT2D eigenvalue weighted by molar-refractivity contribution is -0.160. The van der Waals surface area contributed by atoms with Crippen molar-refractivity contribution >= 4 is 6.09 Å². The molecule has 5 nitrogen and oxygen atoms in total. The maximum absolute atomic E-state index is 11.7. The van der Waals surface area contributed by atoms with Gasteiger partial charge in [-0.15, -0.1) is 0 Å². The Bertz CT molecular complexity index is 338. The number of hydrogen-bond acceptors (Lipinski definition) is 3. The summed E-state index contributed by atoms with van der Waals surface area (Å²) in [4.78, 5) is 10.8. The van der Waals surface area contributed by atoms with Crippen molar-refractivity contribution in [2.24, 2.45) is 0 Å². The third kappa shape index (κ3) is 6.44. The highest BCUT2D eigenvalue weighted by atomic mass is 19.4. The van der Waals surface area contributed by atoms with Crippen LogP contribution in [0.1, 0.15) is 6.42 Å². The first-order chi connectivity index (χ1) is 7.97. The number of aryl methyl sites for hydroxylation is 1. The number of halogens is 3. The van der Waals surface area contributed by atoms with Crippen molar-refractivity contribution in [3.05, 3.63) is 18.5 Å². The topological polar surface area (TPSA) is 56.2 Å². The van der Waals surface area contributed by atoms with E-state index in [4.69, 9.17) is 0 Å². The lowest BCUT2D eigenvalue weighted by Gasteiger charge is -2.08. The lowest BCUT2D eigenvalue weighted by Crippen LogP contribution is -2.30. The molecule has 0 spiro atoms. The fourth-order valence-corrected chi connectivity index (χ4v) is 1.06. The van der Waals surface area contributed by atoms with Gasteiger partial charge in [0.25, 0.3) is 0 Å². The molecular weight excluding hydrogens is 239 g/mol. The number of alkyl carbamates (subject to hydrolysis) is 1. The van der Waals surface area contributed by atoms with Crippen LogP contribution in [0.15, 0.2) is 18.5 Å². The van der Waals surface area contributed by atoms with Crippen molar-refractivity contribution in [1.82, 2.24) is 15.1 Å². The highest BCUT2D eigenvalue weighted by Gasteiger charge is 2.29. The number of ether oxygens (including phenoxy) is 1. The Kier molecular flexibility index (Phi) is 4.80. The summed E-state index contributed by atoms with van der Waals surface area (Å²) in [5, 5.41) is 6.14. The quantitative estimate of drug-likeness (QED) is 0.808. The van der Waals surface area contributed by atoms with Gasteiger partial charge >= 0.3 is 12.3 Å². The highest BCUT2D eigenvalue weighted by Crippen LogP contribution is 2.14. The minimum absolute atomic E-state index is 0.233. The van der Waals surface area contributed by atoms with E-state index in [-0.39, 0.29) is 6.54 Å². The van der Waals surface area contributed by atoms with Crippen LogP contribution in [0, 0.1) is 0 Å². The Morgan fingerprint density at radius 3 is 2.82 bits per heavy atom. The Hall–Kier alpha value is -1.73. The number of hydrogen-bond donors (Lipinski definition) is 1. The maximum Gasteiger partial charge on any atom is 0.422 e. The summed E-state index contributed by atoms with van der Waals surface area (Å²) >= 11 is 0. The van der Waals surface area contributed by atoms with E-state index in [2.05, 4.69) is 15.2 Å². The minimum Gasteiger partial charge on any atom is -0.440 e. The van der Waals surface area contributed by atoms with Gasteiger partial charge in [-0.3, -0.25) is 4.68 Å². The third-order valence-corrected chi connectivity index (χ3v) is 1.76. The number of carbonyl (C=O) groups is 1. The SMILES string of the molecule is O=C(NCCCn1cccn1)OCC(F)(F)F. The Labute approximate surface area is 95.5 Å². The normalized spacial score (nSPS) is 11.2. The molecule has 0 saturated carbocycles. The number of nitrogens with one attached hydrogen (secondary N) is 1. The van der Waals surface area contributed by atoms with Gasteiger partial charge in [0, 0.05) is 25.5 Å². The predicted octanol–water partition coefficient (Wildman–Crippen LogP) is 1.56. The summed E-state index contributed by atoms with van der Waals surface area (Å²) in [7, 11) is 0. The first-order valence-electron chi connectivity index (χ1n) is 4.92. The third-order valence-electron chi connectivity index (χ3n) is 1.76. The van der Waals surface area contributed by atoms with Crippen LogP contribution >= 0.6 is 0 Å². The molecule has 96 valence electrons. The van der Waals surface area contributed by atoms with Gasteiger partial charge in [-0.1, -0.05) is 0 Å². The molecule has 0 aliphatic carbocycles. The van der Waals surface area contributed by atoms with Crippen LogP contribution in [0.2, 0.25) is 0 Å². The molecule has 0 radical (unpaired) electrons. The molecular formula is C9H12F3N3O2. The smallest absolute Gasteiger partial charge is 0.422 e. The van der Waals surface area contributed by atoms with Crippen LogP contribution in [0.4, 0.5) is 18.0 Å². The monoisotopic (exact) mass is 251 g/mol. The molecule has 1 aromatic rings. The highest BCUT2D eigenvalue weighted by molar-refractivity contribution is 5.67. The molecule has 0 fully saturated rings. The zero-order valence-electron chi connectivity index (χ0n) is 8.91. The number of aromatic nitrogens is 2. The van der Waals surface area contributed by atoms with Crippen LogP contribution in [0.25, 0.3) is 0 Å². The molecule has 1 rings (SSSR count). The van der Waals surface area contributed by atoms with E-state index < -0.39 is 18.9 Å².